The second-order valence-corrected chi connectivity index (χ2v) is 4.01. The molecule has 0 saturated heterocycles. The van der Waals surface area contributed by atoms with Crippen LogP contribution in [0.3, 0.4) is 0 Å². The molecular weight excluding hydrogens is 237 g/mol. The van der Waals surface area contributed by atoms with Crippen molar-refractivity contribution in [2.45, 2.75) is 0 Å². The zero-order valence-electron chi connectivity index (χ0n) is 9.01. The summed E-state index contributed by atoms with van der Waals surface area (Å²) in [6, 6.07) is 7.89. The molecule has 5 heteroatoms. The zero-order valence-corrected chi connectivity index (χ0v) is 9.01. The normalized spacial score (nSPS) is 12.2. The molecule has 1 aliphatic rings. The lowest BCUT2D eigenvalue weighted by Crippen LogP contribution is -1.96. The van der Waals surface area contributed by atoms with Crippen LogP contribution in [-0.4, -0.2) is 10.7 Å². The van der Waals surface area contributed by atoms with Crippen molar-refractivity contribution in [2.24, 2.45) is 0 Å². The highest BCUT2D eigenvalue weighted by Gasteiger charge is 2.28. The number of hydrogen-bond donors (Lipinski definition) is 0. The van der Waals surface area contributed by atoms with E-state index in [4.69, 9.17) is 0 Å². The van der Waals surface area contributed by atoms with Gasteiger partial charge in [0.15, 0.2) is 5.78 Å². The number of fused-ring (bicyclic) bond motifs is 3. The van der Waals surface area contributed by atoms with Gasteiger partial charge in [0, 0.05) is 28.8 Å². The van der Waals surface area contributed by atoms with Crippen molar-refractivity contribution >= 4 is 11.5 Å². The summed E-state index contributed by atoms with van der Waals surface area (Å²) in [6.45, 7) is 0. The number of nitrogens with zero attached hydrogens (tertiary/aromatic N) is 1. The molecule has 18 heavy (non-hydrogen) atoms. The SMILES string of the molecule is O=C1c2cc(F)ccc2-c2cc([N+](=O)[O-])ccc21. The van der Waals surface area contributed by atoms with Gasteiger partial charge in [-0.2, -0.15) is 0 Å². The molecule has 4 nitrogen and oxygen atoms in total. The molecule has 0 bridgehead atoms. The molecule has 2 aromatic rings. The number of nitro benzene ring substituents is 1. The molecule has 0 fully saturated rings. The molecule has 0 atom stereocenters. The molecule has 0 spiro atoms. The van der Waals surface area contributed by atoms with E-state index in [0.29, 0.717) is 16.7 Å². The van der Waals surface area contributed by atoms with E-state index in [2.05, 4.69) is 0 Å². The number of hydrogen-bond acceptors (Lipinski definition) is 3. The molecule has 88 valence electrons. The standard InChI is InChI=1S/C13H6FNO3/c14-7-1-3-9-11-6-8(15(17)18)2-4-10(11)13(16)12(9)5-7/h1-6H. The second kappa shape index (κ2) is 3.46. The second-order valence-electron chi connectivity index (χ2n) is 4.01. The summed E-state index contributed by atoms with van der Waals surface area (Å²) in [4.78, 5) is 22.2. The number of non-ortho nitro benzene ring substituents is 1. The fraction of sp³-hybridized carbons (Fsp3) is 0. The first-order chi connectivity index (χ1) is 8.58. The maximum Gasteiger partial charge on any atom is 0.270 e. The average Bonchev–Trinajstić information content (AvgIpc) is 2.62. The van der Waals surface area contributed by atoms with Crippen LogP contribution in [0.5, 0.6) is 0 Å². The van der Waals surface area contributed by atoms with Crippen molar-refractivity contribution in [1.82, 2.24) is 0 Å². The lowest BCUT2D eigenvalue weighted by Gasteiger charge is -1.99. The summed E-state index contributed by atoms with van der Waals surface area (Å²) < 4.78 is 13.1. The third kappa shape index (κ3) is 1.34. The number of benzene rings is 2. The van der Waals surface area contributed by atoms with E-state index in [0.717, 1.165) is 6.07 Å². The Bertz CT molecular complexity index is 709. The number of halogens is 1. The van der Waals surface area contributed by atoms with E-state index in [-0.39, 0.29) is 17.0 Å². The van der Waals surface area contributed by atoms with Gasteiger partial charge in [0.05, 0.1) is 4.92 Å². The predicted octanol–water partition coefficient (Wildman–Crippen LogP) is 2.95. The molecule has 0 heterocycles. The quantitative estimate of drug-likeness (QED) is 0.487. The predicted molar refractivity (Wildman–Crippen MR) is 61.9 cm³/mol. The van der Waals surface area contributed by atoms with Gasteiger partial charge in [-0.25, -0.2) is 4.39 Å². The van der Waals surface area contributed by atoms with Crippen molar-refractivity contribution < 1.29 is 14.1 Å². The average molecular weight is 243 g/mol. The monoisotopic (exact) mass is 243 g/mol. The summed E-state index contributed by atoms with van der Waals surface area (Å²) >= 11 is 0. The lowest BCUT2D eigenvalue weighted by molar-refractivity contribution is -0.384. The van der Waals surface area contributed by atoms with E-state index in [9.17, 15) is 19.3 Å². The Balaban J connectivity index is 2.29. The number of carbonyl (C=O) groups excluding carboxylic acids is 1. The maximum absolute atomic E-state index is 13.1. The molecule has 0 radical (unpaired) electrons. The Hall–Kier alpha value is -2.56. The molecule has 3 rings (SSSR count). The van der Waals surface area contributed by atoms with Gasteiger partial charge in [-0.1, -0.05) is 6.07 Å². The van der Waals surface area contributed by atoms with E-state index < -0.39 is 10.7 Å². The Morgan fingerprint density at radius 3 is 2.39 bits per heavy atom. The molecule has 0 amide bonds. The van der Waals surface area contributed by atoms with Gasteiger partial charge in [-0.3, -0.25) is 14.9 Å². The third-order valence-electron chi connectivity index (χ3n) is 2.98. The molecular formula is C13H6FNO3. The Morgan fingerprint density at radius 1 is 0.944 bits per heavy atom. The highest BCUT2D eigenvalue weighted by Crippen LogP contribution is 2.38. The molecule has 1 aliphatic carbocycles. The van der Waals surface area contributed by atoms with Gasteiger partial charge in [0.1, 0.15) is 5.82 Å². The summed E-state index contributed by atoms with van der Waals surface area (Å²) in [5.41, 5.74) is 1.58. The first-order valence-corrected chi connectivity index (χ1v) is 5.21. The summed E-state index contributed by atoms with van der Waals surface area (Å²) in [6.07, 6.45) is 0. The Morgan fingerprint density at radius 2 is 1.67 bits per heavy atom. The van der Waals surface area contributed by atoms with Crippen molar-refractivity contribution in [2.75, 3.05) is 0 Å². The van der Waals surface area contributed by atoms with Gasteiger partial charge in [0.2, 0.25) is 0 Å². The van der Waals surface area contributed by atoms with Gasteiger partial charge >= 0.3 is 0 Å². The van der Waals surface area contributed by atoms with Crippen molar-refractivity contribution in [3.63, 3.8) is 0 Å². The highest BCUT2D eigenvalue weighted by molar-refractivity contribution is 6.21. The van der Waals surface area contributed by atoms with Crippen LogP contribution in [0.1, 0.15) is 15.9 Å². The molecule has 0 aromatic heterocycles. The van der Waals surface area contributed by atoms with E-state index in [1.54, 1.807) is 0 Å². The Kier molecular flexibility index (Phi) is 2.04. The largest absolute Gasteiger partial charge is 0.289 e. The molecule has 0 unspecified atom stereocenters. The van der Waals surface area contributed by atoms with Crippen LogP contribution in [-0.2, 0) is 0 Å². The molecule has 0 saturated carbocycles. The minimum Gasteiger partial charge on any atom is -0.289 e. The van der Waals surface area contributed by atoms with Crippen LogP contribution in [0, 0.1) is 15.9 Å². The summed E-state index contributed by atoms with van der Waals surface area (Å²) in [5.74, 6) is -0.793. The van der Waals surface area contributed by atoms with Gasteiger partial charge < -0.3 is 0 Å². The number of rotatable bonds is 1. The fourth-order valence-electron chi connectivity index (χ4n) is 2.15. The molecule has 0 N–H and O–H groups in total. The van der Waals surface area contributed by atoms with E-state index >= 15 is 0 Å². The van der Waals surface area contributed by atoms with Crippen LogP contribution in [0.25, 0.3) is 11.1 Å². The lowest BCUT2D eigenvalue weighted by atomic mass is 10.1. The minimum absolute atomic E-state index is 0.0845. The van der Waals surface area contributed by atoms with E-state index in [1.807, 2.05) is 0 Å². The van der Waals surface area contributed by atoms with E-state index in [1.165, 1.54) is 30.3 Å². The maximum atomic E-state index is 13.1. The first-order valence-electron chi connectivity index (χ1n) is 5.21. The van der Waals surface area contributed by atoms with Crippen LogP contribution in [0.2, 0.25) is 0 Å². The van der Waals surface area contributed by atoms with Crippen molar-refractivity contribution in [3.8, 4) is 11.1 Å². The number of ketones is 1. The Labute approximate surface area is 101 Å². The van der Waals surface area contributed by atoms with Crippen molar-refractivity contribution in [3.05, 3.63) is 63.5 Å². The van der Waals surface area contributed by atoms with Crippen LogP contribution < -0.4 is 0 Å². The topological polar surface area (TPSA) is 60.2 Å². The van der Waals surface area contributed by atoms with Crippen molar-refractivity contribution in [1.29, 1.82) is 0 Å². The van der Waals surface area contributed by atoms with Crippen LogP contribution >= 0.6 is 0 Å². The zero-order chi connectivity index (χ0) is 12.9. The first kappa shape index (κ1) is 10.6. The number of nitro groups is 1. The van der Waals surface area contributed by atoms with Crippen LogP contribution in [0.15, 0.2) is 36.4 Å². The van der Waals surface area contributed by atoms with Gasteiger partial charge in [0.25, 0.3) is 5.69 Å². The molecule has 0 aliphatic heterocycles. The minimum atomic E-state index is -0.522. The van der Waals surface area contributed by atoms with Gasteiger partial charge in [-0.05, 0) is 23.8 Å². The van der Waals surface area contributed by atoms with Crippen LogP contribution in [0.4, 0.5) is 10.1 Å². The fourth-order valence-corrected chi connectivity index (χ4v) is 2.15. The molecule has 2 aromatic carbocycles. The highest BCUT2D eigenvalue weighted by atomic mass is 19.1. The third-order valence-corrected chi connectivity index (χ3v) is 2.98. The summed E-state index contributed by atoms with van der Waals surface area (Å²) in [5, 5.41) is 10.7. The van der Waals surface area contributed by atoms with Gasteiger partial charge in [-0.15, -0.1) is 0 Å². The number of carbonyl (C=O) groups is 1. The smallest absolute Gasteiger partial charge is 0.270 e. The summed E-state index contributed by atoms with van der Waals surface area (Å²) in [7, 11) is 0.